The Kier molecular flexibility index (Phi) is 4.90. The monoisotopic (exact) mass is 357 g/mol. The highest BCUT2D eigenvalue weighted by atomic mass is 32.1. The Bertz CT molecular complexity index is 767. The van der Waals surface area contributed by atoms with Gasteiger partial charge in [0.1, 0.15) is 5.54 Å². The Labute approximate surface area is 151 Å². The van der Waals surface area contributed by atoms with Crippen molar-refractivity contribution < 1.29 is 9.59 Å². The largest absolute Gasteiger partial charge is 0.345 e. The predicted octanol–water partition coefficient (Wildman–Crippen LogP) is 3.23. The van der Waals surface area contributed by atoms with Gasteiger partial charge in [-0.05, 0) is 62.6 Å². The summed E-state index contributed by atoms with van der Waals surface area (Å²) in [6.07, 6.45) is 3.93. The highest BCUT2D eigenvalue weighted by Crippen LogP contribution is 2.41. The van der Waals surface area contributed by atoms with Crippen LogP contribution in [-0.2, 0) is 4.79 Å². The lowest BCUT2D eigenvalue weighted by Gasteiger charge is -2.28. The van der Waals surface area contributed by atoms with Crippen molar-refractivity contribution in [3.63, 3.8) is 0 Å². The molecular formula is C19H23N3O2S. The maximum Gasteiger partial charge on any atom is 0.262 e. The number of carbonyl (C=O) groups excluding carboxylic acids is 2. The molecule has 0 saturated heterocycles. The topological polar surface area (TPSA) is 71.1 Å². The number of aromatic nitrogens is 1. The predicted molar refractivity (Wildman–Crippen MR) is 98.4 cm³/mol. The van der Waals surface area contributed by atoms with Crippen molar-refractivity contribution in [1.82, 2.24) is 15.6 Å². The molecule has 1 aliphatic carbocycles. The van der Waals surface area contributed by atoms with Crippen LogP contribution in [0.15, 0.2) is 35.8 Å². The van der Waals surface area contributed by atoms with E-state index >= 15 is 0 Å². The van der Waals surface area contributed by atoms with Crippen LogP contribution in [0.5, 0.6) is 0 Å². The molecule has 2 amide bonds. The molecule has 3 rings (SSSR count). The molecule has 0 spiro atoms. The Balaban J connectivity index is 1.72. The van der Waals surface area contributed by atoms with Gasteiger partial charge in [0.05, 0.1) is 16.6 Å². The molecule has 2 heterocycles. The highest BCUT2D eigenvalue weighted by Gasteiger charge is 2.38. The zero-order valence-corrected chi connectivity index (χ0v) is 15.5. The summed E-state index contributed by atoms with van der Waals surface area (Å²) in [6.45, 7) is 5.46. The molecule has 2 aromatic heterocycles. The summed E-state index contributed by atoms with van der Waals surface area (Å²) in [5.41, 5.74) is 0.982. The number of rotatable bonds is 6. The van der Waals surface area contributed by atoms with Gasteiger partial charge >= 0.3 is 0 Å². The minimum absolute atomic E-state index is 0.105. The van der Waals surface area contributed by atoms with Crippen LogP contribution in [-0.4, -0.2) is 22.3 Å². The second-order valence-electron chi connectivity index (χ2n) is 7.05. The van der Waals surface area contributed by atoms with E-state index in [0.29, 0.717) is 10.8 Å². The van der Waals surface area contributed by atoms with E-state index in [2.05, 4.69) is 15.6 Å². The normalized spacial score (nSPS) is 15.5. The summed E-state index contributed by atoms with van der Waals surface area (Å²) < 4.78 is 0. The minimum atomic E-state index is -1.00. The van der Waals surface area contributed by atoms with Gasteiger partial charge in [-0.3, -0.25) is 14.6 Å². The second kappa shape index (κ2) is 6.96. The van der Waals surface area contributed by atoms with Crippen LogP contribution in [0.4, 0.5) is 0 Å². The molecule has 2 N–H and O–H groups in total. The average Bonchev–Trinajstić information content (AvgIpc) is 3.25. The number of nitrogens with one attached hydrogen (secondary N) is 2. The number of pyridine rings is 1. The molecule has 0 radical (unpaired) electrons. The number of hydrogen-bond donors (Lipinski definition) is 2. The first-order chi connectivity index (χ1) is 11.9. The molecule has 0 unspecified atom stereocenters. The third-order valence-corrected chi connectivity index (χ3v) is 5.33. The molecular weight excluding hydrogens is 334 g/mol. The van der Waals surface area contributed by atoms with Gasteiger partial charge < -0.3 is 10.6 Å². The molecule has 1 atom stereocenters. The average molecular weight is 357 g/mol. The molecule has 25 heavy (non-hydrogen) atoms. The third kappa shape index (κ3) is 4.07. The number of amides is 2. The maximum absolute atomic E-state index is 12.8. The molecule has 132 valence electrons. The van der Waals surface area contributed by atoms with E-state index in [1.54, 1.807) is 26.1 Å². The van der Waals surface area contributed by atoms with E-state index in [1.807, 2.05) is 30.5 Å². The van der Waals surface area contributed by atoms with Gasteiger partial charge in [0.15, 0.2) is 0 Å². The lowest BCUT2D eigenvalue weighted by molar-refractivity contribution is -0.127. The van der Waals surface area contributed by atoms with Crippen molar-refractivity contribution in [1.29, 1.82) is 0 Å². The van der Waals surface area contributed by atoms with Crippen molar-refractivity contribution in [2.75, 3.05) is 0 Å². The molecule has 0 aromatic carbocycles. The highest BCUT2D eigenvalue weighted by molar-refractivity contribution is 7.12. The number of nitrogens with zero attached hydrogens (tertiary/aromatic N) is 1. The molecule has 0 aliphatic heterocycles. The smallest absolute Gasteiger partial charge is 0.262 e. The molecule has 1 aliphatic rings. The third-order valence-electron chi connectivity index (χ3n) is 4.46. The van der Waals surface area contributed by atoms with E-state index < -0.39 is 5.54 Å². The van der Waals surface area contributed by atoms with Gasteiger partial charge in [0, 0.05) is 6.20 Å². The van der Waals surface area contributed by atoms with Crippen LogP contribution in [0.2, 0.25) is 0 Å². The fraction of sp³-hybridized carbons (Fsp3) is 0.421. The molecule has 1 saturated carbocycles. The lowest BCUT2D eigenvalue weighted by Crippen LogP contribution is -2.55. The van der Waals surface area contributed by atoms with Crippen LogP contribution < -0.4 is 10.6 Å². The number of thiophene rings is 1. The van der Waals surface area contributed by atoms with E-state index in [4.69, 9.17) is 0 Å². The first kappa shape index (κ1) is 17.6. The summed E-state index contributed by atoms with van der Waals surface area (Å²) in [7, 11) is 0. The summed E-state index contributed by atoms with van der Waals surface area (Å²) in [5, 5.41) is 7.78. The van der Waals surface area contributed by atoms with E-state index in [9.17, 15) is 9.59 Å². The molecule has 6 heteroatoms. The standard InChI is InChI=1S/C19H23N3O2S/c1-12-6-4-10-20-15(12)16(13-8-9-13)21-18(24)19(2,3)22-17(23)14-7-5-11-25-14/h4-7,10-11,13,16H,8-9H2,1-3H3,(H,21,24)(H,22,23)/t16-/m1/s1. The summed E-state index contributed by atoms with van der Waals surface area (Å²) in [6, 6.07) is 7.37. The van der Waals surface area contributed by atoms with Gasteiger partial charge in [-0.25, -0.2) is 0 Å². The molecule has 0 bridgehead atoms. The van der Waals surface area contributed by atoms with Gasteiger partial charge in [0.2, 0.25) is 5.91 Å². The van der Waals surface area contributed by atoms with Crippen LogP contribution in [0.3, 0.4) is 0 Å². The number of carbonyl (C=O) groups is 2. The van der Waals surface area contributed by atoms with E-state index in [-0.39, 0.29) is 17.9 Å². The zero-order chi connectivity index (χ0) is 18.0. The Morgan fingerprint density at radius 3 is 2.64 bits per heavy atom. The van der Waals surface area contributed by atoms with E-state index in [1.165, 1.54) is 11.3 Å². The van der Waals surface area contributed by atoms with Crippen molar-refractivity contribution in [2.24, 2.45) is 5.92 Å². The van der Waals surface area contributed by atoms with Crippen molar-refractivity contribution >= 4 is 23.2 Å². The van der Waals surface area contributed by atoms with Crippen molar-refractivity contribution in [3.8, 4) is 0 Å². The van der Waals surface area contributed by atoms with Gasteiger partial charge in [-0.15, -0.1) is 11.3 Å². The van der Waals surface area contributed by atoms with Crippen LogP contribution in [0.1, 0.15) is 53.7 Å². The summed E-state index contributed by atoms with van der Waals surface area (Å²) in [4.78, 5) is 30.2. The first-order valence-electron chi connectivity index (χ1n) is 8.47. The number of aryl methyl sites for hydroxylation is 1. The summed E-state index contributed by atoms with van der Waals surface area (Å²) >= 11 is 1.36. The Morgan fingerprint density at radius 2 is 2.04 bits per heavy atom. The molecule has 1 fully saturated rings. The Hall–Kier alpha value is -2.21. The minimum Gasteiger partial charge on any atom is -0.345 e. The zero-order valence-electron chi connectivity index (χ0n) is 14.7. The van der Waals surface area contributed by atoms with Crippen molar-refractivity contribution in [2.45, 2.75) is 45.2 Å². The Morgan fingerprint density at radius 1 is 1.28 bits per heavy atom. The first-order valence-corrected chi connectivity index (χ1v) is 9.35. The van der Waals surface area contributed by atoms with Crippen LogP contribution in [0, 0.1) is 12.8 Å². The fourth-order valence-electron chi connectivity index (χ4n) is 2.79. The summed E-state index contributed by atoms with van der Waals surface area (Å²) in [5.74, 6) is -0.00662. The van der Waals surface area contributed by atoms with Crippen LogP contribution >= 0.6 is 11.3 Å². The number of hydrogen-bond acceptors (Lipinski definition) is 4. The molecule has 5 nitrogen and oxygen atoms in total. The second-order valence-corrected chi connectivity index (χ2v) is 8.00. The van der Waals surface area contributed by atoms with Crippen molar-refractivity contribution in [3.05, 3.63) is 52.0 Å². The fourth-order valence-corrected chi connectivity index (χ4v) is 3.41. The molecule has 2 aromatic rings. The maximum atomic E-state index is 12.8. The van der Waals surface area contributed by atoms with Gasteiger partial charge in [-0.1, -0.05) is 12.1 Å². The van der Waals surface area contributed by atoms with Crippen LogP contribution in [0.25, 0.3) is 0 Å². The lowest BCUT2D eigenvalue weighted by atomic mass is 9.99. The van der Waals surface area contributed by atoms with E-state index in [0.717, 1.165) is 24.1 Å². The quantitative estimate of drug-likeness (QED) is 0.834. The van der Waals surface area contributed by atoms with Gasteiger partial charge in [-0.2, -0.15) is 0 Å². The van der Waals surface area contributed by atoms with Gasteiger partial charge in [0.25, 0.3) is 5.91 Å². The SMILES string of the molecule is Cc1cccnc1[C@H](NC(=O)C(C)(C)NC(=O)c1cccs1)C1CC1.